The van der Waals surface area contributed by atoms with Gasteiger partial charge in [-0.15, -0.1) is 0 Å². The molecule has 0 radical (unpaired) electrons. The number of rotatable bonds is 9. The molecule has 2 saturated heterocycles. The summed E-state index contributed by atoms with van der Waals surface area (Å²) in [6.07, 6.45) is 1.78. The number of nitrogens with zero attached hydrogens (tertiary/aromatic N) is 2. The van der Waals surface area contributed by atoms with Crippen LogP contribution in [0.15, 0.2) is 48.5 Å². The lowest BCUT2D eigenvalue weighted by Gasteiger charge is -2.45. The van der Waals surface area contributed by atoms with E-state index in [1.54, 1.807) is 0 Å². The first kappa shape index (κ1) is 28.2. The summed E-state index contributed by atoms with van der Waals surface area (Å²) < 4.78 is 19.3. The number of ether oxygens (including phenoxy) is 1. The number of benzene rings is 2. The molecule has 3 amide bonds. The maximum absolute atomic E-state index is 14.3. The number of nitrogens with one attached hydrogen (secondary N) is 2. The molecule has 0 bridgehead atoms. The van der Waals surface area contributed by atoms with E-state index in [9.17, 15) is 18.8 Å². The van der Waals surface area contributed by atoms with Gasteiger partial charge in [-0.1, -0.05) is 50.2 Å². The van der Waals surface area contributed by atoms with Crippen molar-refractivity contribution in [1.29, 1.82) is 0 Å². The minimum Gasteiger partial charge on any atom is -0.379 e. The summed E-state index contributed by atoms with van der Waals surface area (Å²) in [5.74, 6) is -1.31. The zero-order chi connectivity index (χ0) is 28.2. The van der Waals surface area contributed by atoms with Gasteiger partial charge in [-0.2, -0.15) is 0 Å². The van der Waals surface area contributed by atoms with Gasteiger partial charge in [0.05, 0.1) is 13.2 Å². The number of hydrogen-bond donors (Lipinski definition) is 2. The van der Waals surface area contributed by atoms with Crippen LogP contribution in [0.4, 0.5) is 4.39 Å². The Hall–Kier alpha value is -3.30. The summed E-state index contributed by atoms with van der Waals surface area (Å²) in [6.45, 7) is 7.93. The van der Waals surface area contributed by atoms with E-state index >= 15 is 0 Å². The quantitative estimate of drug-likeness (QED) is 0.501. The highest BCUT2D eigenvalue weighted by molar-refractivity contribution is 6.00. The SMILES string of the molecule is CC(C)CC1C(=O)N[C@H](C2Cc3ccccc3C2)C(=O)N1C(C(=O)NCCN1CCOCC1)c1ccc(F)cc1. The summed E-state index contributed by atoms with van der Waals surface area (Å²) in [6, 6.07) is 11.1. The van der Waals surface area contributed by atoms with Crippen molar-refractivity contribution in [2.75, 3.05) is 39.4 Å². The molecular formula is C31H39FN4O4. The minimum atomic E-state index is -1.06. The molecule has 0 spiro atoms. The van der Waals surface area contributed by atoms with Gasteiger partial charge in [0.1, 0.15) is 23.9 Å². The van der Waals surface area contributed by atoms with Crippen LogP contribution in [0, 0.1) is 17.7 Å². The van der Waals surface area contributed by atoms with Gasteiger partial charge >= 0.3 is 0 Å². The maximum Gasteiger partial charge on any atom is 0.247 e. The molecule has 2 heterocycles. The van der Waals surface area contributed by atoms with Gasteiger partial charge in [0.25, 0.3) is 0 Å². The molecule has 2 fully saturated rings. The van der Waals surface area contributed by atoms with Crippen LogP contribution in [0.3, 0.4) is 0 Å². The average molecular weight is 551 g/mol. The standard InChI is InChI=1S/C31H39FN4O4/c1-20(2)17-26-29(37)34-27(24-18-22-5-3-4-6-23(22)19-24)31(39)36(26)28(21-7-9-25(32)10-8-21)30(38)33-11-12-35-13-15-40-16-14-35/h3-10,20,24,26-28H,11-19H2,1-2H3,(H,33,38)(H,34,37)/t26?,27-,28?/m1/s1. The Morgan fingerprint density at radius 1 is 1.05 bits per heavy atom. The molecule has 2 aromatic rings. The number of carbonyl (C=O) groups is 3. The van der Waals surface area contributed by atoms with Crippen LogP contribution in [0.2, 0.25) is 0 Å². The van der Waals surface area contributed by atoms with E-state index in [0.29, 0.717) is 51.1 Å². The zero-order valence-corrected chi connectivity index (χ0v) is 23.3. The average Bonchev–Trinajstić information content (AvgIpc) is 3.38. The van der Waals surface area contributed by atoms with Crippen molar-refractivity contribution in [2.24, 2.45) is 11.8 Å². The normalized spacial score (nSPS) is 22.8. The van der Waals surface area contributed by atoms with Crippen molar-refractivity contribution in [1.82, 2.24) is 20.4 Å². The van der Waals surface area contributed by atoms with Gasteiger partial charge < -0.3 is 20.3 Å². The Balaban J connectivity index is 1.44. The molecule has 8 nitrogen and oxygen atoms in total. The van der Waals surface area contributed by atoms with Crippen molar-refractivity contribution in [3.8, 4) is 0 Å². The molecule has 0 saturated carbocycles. The van der Waals surface area contributed by atoms with E-state index in [1.165, 1.54) is 40.3 Å². The lowest BCUT2D eigenvalue weighted by molar-refractivity contribution is -0.157. The summed E-state index contributed by atoms with van der Waals surface area (Å²) >= 11 is 0. The predicted octanol–water partition coefficient (Wildman–Crippen LogP) is 2.47. The van der Waals surface area contributed by atoms with Crippen LogP contribution < -0.4 is 10.6 Å². The number of piperazine rings is 1. The first-order valence-corrected chi connectivity index (χ1v) is 14.3. The fourth-order valence-corrected chi connectivity index (χ4v) is 6.22. The van der Waals surface area contributed by atoms with E-state index < -0.39 is 23.9 Å². The Bertz CT molecular complexity index is 1190. The summed E-state index contributed by atoms with van der Waals surface area (Å²) in [5.41, 5.74) is 2.85. The van der Waals surface area contributed by atoms with E-state index in [4.69, 9.17) is 4.74 Å². The van der Waals surface area contributed by atoms with Gasteiger partial charge in [0.15, 0.2) is 0 Å². The third-order valence-corrected chi connectivity index (χ3v) is 8.25. The fraction of sp³-hybridized carbons (Fsp3) is 0.516. The number of hydrogen-bond acceptors (Lipinski definition) is 5. The monoisotopic (exact) mass is 550 g/mol. The lowest BCUT2D eigenvalue weighted by atomic mass is 9.88. The second-order valence-electron chi connectivity index (χ2n) is 11.5. The number of morpholine rings is 1. The summed E-state index contributed by atoms with van der Waals surface area (Å²) in [4.78, 5) is 45.6. The molecule has 3 aliphatic rings. The van der Waals surface area contributed by atoms with E-state index in [0.717, 1.165) is 13.1 Å². The van der Waals surface area contributed by atoms with Gasteiger partial charge in [0, 0.05) is 26.2 Å². The van der Waals surface area contributed by atoms with Crippen molar-refractivity contribution < 1.29 is 23.5 Å². The molecule has 1 aliphatic carbocycles. The van der Waals surface area contributed by atoms with E-state index in [-0.39, 0.29) is 29.6 Å². The topological polar surface area (TPSA) is 91.0 Å². The van der Waals surface area contributed by atoms with Crippen LogP contribution in [0.25, 0.3) is 0 Å². The third-order valence-electron chi connectivity index (χ3n) is 8.25. The molecule has 2 aliphatic heterocycles. The molecule has 2 N–H and O–H groups in total. The molecule has 0 aromatic heterocycles. The molecule has 3 atom stereocenters. The number of carbonyl (C=O) groups excluding carboxylic acids is 3. The second kappa shape index (κ2) is 12.5. The summed E-state index contributed by atoms with van der Waals surface area (Å²) in [7, 11) is 0. The van der Waals surface area contributed by atoms with Crippen LogP contribution in [-0.2, 0) is 32.0 Å². The molecule has 2 unspecified atom stereocenters. The zero-order valence-electron chi connectivity index (χ0n) is 23.3. The number of fused-ring (bicyclic) bond motifs is 1. The first-order chi connectivity index (χ1) is 19.3. The highest BCUT2D eigenvalue weighted by Gasteiger charge is 2.49. The van der Waals surface area contributed by atoms with Gasteiger partial charge in [-0.05, 0) is 59.9 Å². The molecule has 5 rings (SSSR count). The van der Waals surface area contributed by atoms with E-state index in [2.05, 4.69) is 27.7 Å². The minimum absolute atomic E-state index is 0.102. The van der Waals surface area contributed by atoms with E-state index in [1.807, 2.05) is 26.0 Å². The Morgan fingerprint density at radius 3 is 2.33 bits per heavy atom. The smallest absolute Gasteiger partial charge is 0.247 e. The molecule has 9 heteroatoms. The Morgan fingerprint density at radius 2 is 1.70 bits per heavy atom. The molecule has 2 aromatic carbocycles. The predicted molar refractivity (Wildman–Crippen MR) is 149 cm³/mol. The lowest BCUT2D eigenvalue weighted by Crippen LogP contribution is -2.67. The Kier molecular flexibility index (Phi) is 8.81. The van der Waals surface area contributed by atoms with Gasteiger partial charge in [-0.25, -0.2) is 4.39 Å². The molecular weight excluding hydrogens is 511 g/mol. The summed E-state index contributed by atoms with van der Waals surface area (Å²) in [5, 5.41) is 6.04. The van der Waals surface area contributed by atoms with Crippen molar-refractivity contribution >= 4 is 17.7 Å². The molecule has 214 valence electrons. The number of amides is 3. The largest absolute Gasteiger partial charge is 0.379 e. The fourth-order valence-electron chi connectivity index (χ4n) is 6.22. The highest BCUT2D eigenvalue weighted by Crippen LogP contribution is 2.35. The Labute approximate surface area is 235 Å². The van der Waals surface area contributed by atoms with Crippen molar-refractivity contribution in [3.05, 3.63) is 71.0 Å². The number of halogens is 1. The van der Waals surface area contributed by atoms with Crippen molar-refractivity contribution in [2.45, 2.75) is 51.2 Å². The van der Waals surface area contributed by atoms with Crippen LogP contribution in [0.1, 0.15) is 43.0 Å². The van der Waals surface area contributed by atoms with Crippen molar-refractivity contribution in [3.63, 3.8) is 0 Å². The molecule has 40 heavy (non-hydrogen) atoms. The highest BCUT2D eigenvalue weighted by atomic mass is 19.1. The van der Waals surface area contributed by atoms with Gasteiger partial charge in [0.2, 0.25) is 17.7 Å². The van der Waals surface area contributed by atoms with Gasteiger partial charge in [-0.3, -0.25) is 19.3 Å². The van der Waals surface area contributed by atoms with Crippen LogP contribution in [-0.4, -0.2) is 79.0 Å². The van der Waals surface area contributed by atoms with Crippen LogP contribution in [0.5, 0.6) is 0 Å². The van der Waals surface area contributed by atoms with Crippen LogP contribution >= 0.6 is 0 Å². The maximum atomic E-state index is 14.3. The second-order valence-corrected chi connectivity index (χ2v) is 11.5. The first-order valence-electron chi connectivity index (χ1n) is 14.3. The third kappa shape index (κ3) is 6.20.